The van der Waals surface area contributed by atoms with E-state index in [1.807, 2.05) is 30.3 Å². The van der Waals surface area contributed by atoms with E-state index < -0.39 is 24.5 Å². The number of rotatable bonds is 14. The van der Waals surface area contributed by atoms with E-state index >= 15 is 0 Å². The Balaban J connectivity index is 1.30. The molecule has 0 bridgehead atoms. The number of hydrogen-bond acceptors (Lipinski definition) is 9. The molecule has 0 heterocycles. The summed E-state index contributed by atoms with van der Waals surface area (Å²) >= 11 is 0. The summed E-state index contributed by atoms with van der Waals surface area (Å²) in [6, 6.07) is 18.0. The molecule has 3 aromatic rings. The second-order valence-corrected chi connectivity index (χ2v) is 9.45. The third-order valence-corrected chi connectivity index (χ3v) is 6.60. The number of esters is 3. The van der Waals surface area contributed by atoms with E-state index in [1.165, 1.54) is 0 Å². The second-order valence-electron chi connectivity index (χ2n) is 9.45. The maximum absolute atomic E-state index is 12.9. The van der Waals surface area contributed by atoms with Gasteiger partial charge in [0.2, 0.25) is 0 Å². The molecule has 0 aromatic heterocycles. The van der Waals surface area contributed by atoms with Gasteiger partial charge < -0.3 is 28.8 Å². The normalized spacial score (nSPS) is 12.9. The lowest BCUT2D eigenvalue weighted by Gasteiger charge is -2.11. The van der Waals surface area contributed by atoms with Crippen LogP contribution in [0.2, 0.25) is 0 Å². The fraction of sp³-hybridized carbons (Fsp3) is 0.242. The second kappa shape index (κ2) is 14.1. The van der Waals surface area contributed by atoms with Gasteiger partial charge in [0.05, 0.1) is 31.0 Å². The number of ether oxygens (including phenoxy) is 5. The fourth-order valence-corrected chi connectivity index (χ4v) is 4.41. The van der Waals surface area contributed by atoms with Crippen LogP contribution in [0.3, 0.4) is 0 Å². The molecule has 0 spiro atoms. The lowest BCUT2D eigenvalue weighted by atomic mass is 9.98. The van der Waals surface area contributed by atoms with E-state index in [4.69, 9.17) is 28.8 Å². The van der Waals surface area contributed by atoms with Crippen molar-refractivity contribution in [3.05, 3.63) is 102 Å². The Morgan fingerprint density at radius 2 is 1.45 bits per heavy atom. The van der Waals surface area contributed by atoms with Crippen molar-refractivity contribution in [2.24, 2.45) is 0 Å². The van der Waals surface area contributed by atoms with E-state index in [0.29, 0.717) is 30.1 Å². The Kier molecular flexibility index (Phi) is 10.1. The van der Waals surface area contributed by atoms with Crippen molar-refractivity contribution >= 4 is 17.9 Å². The van der Waals surface area contributed by atoms with Gasteiger partial charge in [-0.05, 0) is 70.8 Å². The van der Waals surface area contributed by atoms with Gasteiger partial charge in [-0.3, -0.25) is 0 Å². The predicted octanol–water partition coefficient (Wildman–Crippen LogP) is 5.01. The van der Waals surface area contributed by atoms with Gasteiger partial charge in [0.1, 0.15) is 30.5 Å². The molecule has 0 aliphatic heterocycles. The number of benzene rings is 3. The van der Waals surface area contributed by atoms with Gasteiger partial charge in [-0.1, -0.05) is 32.2 Å². The van der Waals surface area contributed by atoms with Crippen molar-refractivity contribution < 1.29 is 43.2 Å². The molecule has 0 fully saturated rings. The van der Waals surface area contributed by atoms with Crippen LogP contribution < -0.4 is 14.2 Å². The summed E-state index contributed by atoms with van der Waals surface area (Å²) in [6.45, 7) is 9.16. The molecule has 1 N–H and O–H groups in total. The first-order chi connectivity index (χ1) is 20.3. The standard InChI is InChI=1S/C33H32O9/c1-4-31(35)40-15-5-14-38-26-11-13-28-27-12-6-23(18-29(27)22(3)30(28)19-26)33(37)42-25-9-7-24(8-10-25)39-16-17-41-32(36)21(2)20-34/h4,6-13,18-19,22,34H,1-2,5,14-17,20H2,3H3. The quantitative estimate of drug-likeness (QED) is 0.123. The number of aliphatic hydroxyl groups is 1. The Labute approximate surface area is 243 Å². The molecule has 1 aliphatic carbocycles. The molecule has 1 unspecified atom stereocenters. The number of aliphatic hydroxyl groups excluding tert-OH is 1. The van der Waals surface area contributed by atoms with Gasteiger partial charge in [0.25, 0.3) is 0 Å². The number of carbonyl (C=O) groups excluding carboxylic acids is 3. The van der Waals surface area contributed by atoms with E-state index in [2.05, 4.69) is 20.1 Å². The van der Waals surface area contributed by atoms with Crippen molar-refractivity contribution in [3.8, 4) is 28.4 Å². The average molecular weight is 573 g/mol. The lowest BCUT2D eigenvalue weighted by molar-refractivity contribution is -0.140. The average Bonchev–Trinajstić information content (AvgIpc) is 3.29. The molecular formula is C33H32O9. The molecule has 0 amide bonds. The molecule has 0 radical (unpaired) electrons. The highest BCUT2D eigenvalue weighted by molar-refractivity contribution is 5.93. The third-order valence-electron chi connectivity index (χ3n) is 6.60. The number of carbonyl (C=O) groups is 3. The fourth-order valence-electron chi connectivity index (χ4n) is 4.41. The largest absolute Gasteiger partial charge is 0.493 e. The summed E-state index contributed by atoms with van der Waals surface area (Å²) in [5, 5.41) is 8.87. The van der Waals surface area contributed by atoms with Crippen molar-refractivity contribution in [3.63, 3.8) is 0 Å². The summed E-state index contributed by atoms with van der Waals surface area (Å²) in [7, 11) is 0. The molecule has 42 heavy (non-hydrogen) atoms. The van der Waals surface area contributed by atoms with Crippen LogP contribution in [0.1, 0.15) is 40.7 Å². The topological polar surface area (TPSA) is 118 Å². The van der Waals surface area contributed by atoms with Crippen LogP contribution in [-0.2, 0) is 19.1 Å². The van der Waals surface area contributed by atoms with Crippen LogP contribution in [-0.4, -0.2) is 56.0 Å². The SMILES string of the molecule is C=CC(=O)OCCCOc1ccc2c(c1)C(C)c1cc(C(=O)Oc3ccc(OCCOC(=O)C(=C)CO)cc3)ccc1-2. The van der Waals surface area contributed by atoms with Gasteiger partial charge >= 0.3 is 17.9 Å². The molecule has 0 saturated heterocycles. The van der Waals surface area contributed by atoms with Gasteiger partial charge in [-0.15, -0.1) is 0 Å². The first-order valence-corrected chi connectivity index (χ1v) is 13.4. The Morgan fingerprint density at radius 1 is 0.810 bits per heavy atom. The minimum absolute atomic E-state index is 0.00142. The molecule has 218 valence electrons. The Morgan fingerprint density at radius 3 is 2.17 bits per heavy atom. The van der Waals surface area contributed by atoms with Gasteiger partial charge in [-0.2, -0.15) is 0 Å². The first kappa shape index (κ1) is 30.1. The minimum Gasteiger partial charge on any atom is -0.493 e. The van der Waals surface area contributed by atoms with E-state index in [9.17, 15) is 14.4 Å². The number of hydrogen-bond donors (Lipinski definition) is 1. The maximum atomic E-state index is 12.9. The summed E-state index contributed by atoms with van der Waals surface area (Å²) in [5.74, 6) is 0.0376. The maximum Gasteiger partial charge on any atom is 0.343 e. The molecule has 9 heteroatoms. The smallest absolute Gasteiger partial charge is 0.343 e. The summed E-state index contributed by atoms with van der Waals surface area (Å²) in [4.78, 5) is 35.5. The highest BCUT2D eigenvalue weighted by atomic mass is 16.6. The summed E-state index contributed by atoms with van der Waals surface area (Å²) in [5.41, 5.74) is 4.69. The molecule has 1 aliphatic rings. The molecular weight excluding hydrogens is 540 g/mol. The van der Waals surface area contributed by atoms with Crippen LogP contribution in [0.4, 0.5) is 0 Å². The molecule has 3 aromatic carbocycles. The van der Waals surface area contributed by atoms with Crippen molar-refractivity contribution in [1.29, 1.82) is 0 Å². The predicted molar refractivity (Wildman–Crippen MR) is 155 cm³/mol. The van der Waals surface area contributed by atoms with Crippen LogP contribution >= 0.6 is 0 Å². The highest BCUT2D eigenvalue weighted by Gasteiger charge is 2.27. The van der Waals surface area contributed by atoms with Crippen molar-refractivity contribution in [2.45, 2.75) is 19.3 Å². The van der Waals surface area contributed by atoms with Crippen LogP contribution in [0, 0.1) is 0 Å². The molecule has 0 saturated carbocycles. The highest BCUT2D eigenvalue weighted by Crippen LogP contribution is 2.46. The number of fused-ring (bicyclic) bond motifs is 3. The summed E-state index contributed by atoms with van der Waals surface area (Å²) < 4.78 is 26.8. The summed E-state index contributed by atoms with van der Waals surface area (Å²) in [6.07, 6.45) is 1.69. The van der Waals surface area contributed by atoms with Crippen molar-refractivity contribution in [2.75, 3.05) is 33.0 Å². The van der Waals surface area contributed by atoms with Crippen LogP contribution in [0.25, 0.3) is 11.1 Å². The Hall–Kier alpha value is -4.89. The van der Waals surface area contributed by atoms with Gasteiger partial charge in [0.15, 0.2) is 0 Å². The first-order valence-electron chi connectivity index (χ1n) is 13.4. The Bertz CT molecular complexity index is 1470. The molecule has 1 atom stereocenters. The van der Waals surface area contributed by atoms with Gasteiger partial charge in [-0.25, -0.2) is 14.4 Å². The van der Waals surface area contributed by atoms with E-state index in [0.717, 1.165) is 34.1 Å². The molecule has 9 nitrogen and oxygen atoms in total. The van der Waals surface area contributed by atoms with E-state index in [-0.39, 0.29) is 31.3 Å². The molecule has 4 rings (SSSR count). The monoisotopic (exact) mass is 572 g/mol. The van der Waals surface area contributed by atoms with Gasteiger partial charge in [0, 0.05) is 18.4 Å². The van der Waals surface area contributed by atoms with Crippen LogP contribution in [0.15, 0.2) is 85.5 Å². The van der Waals surface area contributed by atoms with Crippen molar-refractivity contribution in [1.82, 2.24) is 0 Å². The zero-order valence-corrected chi connectivity index (χ0v) is 23.3. The third kappa shape index (κ3) is 7.44. The lowest BCUT2D eigenvalue weighted by Crippen LogP contribution is -2.15. The minimum atomic E-state index is -0.676. The zero-order chi connectivity index (χ0) is 30.1. The zero-order valence-electron chi connectivity index (χ0n) is 23.3. The van der Waals surface area contributed by atoms with E-state index in [1.54, 1.807) is 30.3 Å². The van der Waals surface area contributed by atoms with Crippen LogP contribution in [0.5, 0.6) is 17.2 Å².